The van der Waals surface area contributed by atoms with Crippen LogP contribution < -0.4 is 0 Å². The van der Waals surface area contributed by atoms with Gasteiger partial charge in [-0.2, -0.15) is 0 Å². The number of nitrogens with zero attached hydrogens (tertiary/aromatic N) is 1. The zero-order valence-electron chi connectivity index (χ0n) is 10.1. The molecule has 1 amide bonds. The van der Waals surface area contributed by atoms with E-state index in [0.717, 1.165) is 31.4 Å². The monoisotopic (exact) mass is 229 g/mol. The largest absolute Gasteiger partial charge is 0.339 e. The lowest BCUT2D eigenvalue weighted by Crippen LogP contribution is -2.36. The summed E-state index contributed by atoms with van der Waals surface area (Å²) in [5.41, 5.74) is 1.10. The smallest absolute Gasteiger partial charge is 0.227 e. The van der Waals surface area contributed by atoms with E-state index >= 15 is 0 Å². The Balaban J connectivity index is 1.97. The van der Waals surface area contributed by atoms with Gasteiger partial charge >= 0.3 is 0 Å². The molecule has 2 rings (SSSR count). The van der Waals surface area contributed by atoms with Gasteiger partial charge in [0.25, 0.3) is 0 Å². The van der Waals surface area contributed by atoms with Gasteiger partial charge in [-0.05, 0) is 24.8 Å². The maximum Gasteiger partial charge on any atom is 0.227 e. The maximum absolute atomic E-state index is 12.2. The van der Waals surface area contributed by atoms with Crippen molar-refractivity contribution in [3.63, 3.8) is 0 Å². The van der Waals surface area contributed by atoms with E-state index in [1.165, 1.54) is 0 Å². The Kier molecular flexibility index (Phi) is 3.97. The van der Waals surface area contributed by atoms with Crippen LogP contribution in [0.2, 0.25) is 0 Å². The topological polar surface area (TPSA) is 20.3 Å². The third kappa shape index (κ3) is 2.96. The number of carbonyl (C=O) groups is 1. The average Bonchev–Trinajstić information content (AvgIpc) is 2.79. The lowest BCUT2D eigenvalue weighted by molar-refractivity contribution is -0.131. The molecule has 2 heteroatoms. The summed E-state index contributed by atoms with van der Waals surface area (Å²) in [6.07, 6.45) is 5.60. The molecule has 0 N–H and O–H groups in total. The van der Waals surface area contributed by atoms with Crippen molar-refractivity contribution in [2.45, 2.75) is 31.7 Å². The Bertz CT molecular complexity index is 385. The molecule has 0 saturated carbocycles. The minimum Gasteiger partial charge on any atom is -0.339 e. The summed E-state index contributed by atoms with van der Waals surface area (Å²) in [6, 6.07) is 10.3. The lowest BCUT2D eigenvalue weighted by atomic mass is 10.1. The van der Waals surface area contributed by atoms with E-state index in [1.807, 2.05) is 41.3 Å². The minimum absolute atomic E-state index is 0.251. The van der Waals surface area contributed by atoms with Gasteiger partial charge in [0.1, 0.15) is 0 Å². The van der Waals surface area contributed by atoms with Gasteiger partial charge in [-0.1, -0.05) is 36.4 Å². The summed E-state index contributed by atoms with van der Waals surface area (Å²) < 4.78 is 0. The van der Waals surface area contributed by atoms with Crippen molar-refractivity contribution in [3.05, 3.63) is 48.6 Å². The van der Waals surface area contributed by atoms with Crippen LogP contribution in [0.3, 0.4) is 0 Å². The van der Waals surface area contributed by atoms with Crippen LogP contribution in [0.4, 0.5) is 0 Å². The first-order chi connectivity index (χ1) is 8.31. The van der Waals surface area contributed by atoms with Gasteiger partial charge < -0.3 is 4.90 Å². The van der Waals surface area contributed by atoms with Crippen LogP contribution in [0.25, 0.3) is 0 Å². The molecular weight excluding hydrogens is 210 g/mol. The Hall–Kier alpha value is -1.57. The second kappa shape index (κ2) is 5.67. The number of likely N-dealkylation sites (tertiary alicyclic amines) is 1. The highest BCUT2D eigenvalue weighted by Crippen LogP contribution is 2.21. The number of hydrogen-bond donors (Lipinski definition) is 0. The van der Waals surface area contributed by atoms with Gasteiger partial charge in [-0.25, -0.2) is 0 Å². The van der Waals surface area contributed by atoms with Crippen molar-refractivity contribution in [2.75, 3.05) is 6.54 Å². The molecule has 0 radical (unpaired) electrons. The summed E-state index contributed by atoms with van der Waals surface area (Å²) in [4.78, 5) is 14.2. The predicted molar refractivity (Wildman–Crippen MR) is 69.7 cm³/mol. The maximum atomic E-state index is 12.2. The second-order valence-electron chi connectivity index (χ2n) is 4.57. The molecule has 2 nitrogen and oxygen atoms in total. The zero-order chi connectivity index (χ0) is 12.1. The SMILES string of the molecule is C=CCC1CCCN1C(=O)Cc1ccccc1. The second-order valence-corrected chi connectivity index (χ2v) is 4.57. The van der Waals surface area contributed by atoms with E-state index in [9.17, 15) is 4.79 Å². The summed E-state index contributed by atoms with van der Waals surface area (Å²) >= 11 is 0. The van der Waals surface area contributed by atoms with Crippen LogP contribution in [0.5, 0.6) is 0 Å². The Morgan fingerprint density at radius 1 is 1.41 bits per heavy atom. The summed E-state index contributed by atoms with van der Waals surface area (Å²) in [5.74, 6) is 0.251. The molecular formula is C15H19NO. The fourth-order valence-corrected chi connectivity index (χ4v) is 2.47. The van der Waals surface area contributed by atoms with Gasteiger partial charge in [0, 0.05) is 12.6 Å². The van der Waals surface area contributed by atoms with E-state index in [0.29, 0.717) is 12.5 Å². The Morgan fingerprint density at radius 2 is 2.18 bits per heavy atom. The standard InChI is InChI=1S/C15H19NO/c1-2-7-14-10-6-11-16(14)15(17)12-13-8-4-3-5-9-13/h2-5,8-9,14H,1,6-7,10-12H2. The normalized spacial score (nSPS) is 19.3. The molecule has 1 saturated heterocycles. The van der Waals surface area contributed by atoms with E-state index < -0.39 is 0 Å². The lowest BCUT2D eigenvalue weighted by Gasteiger charge is -2.23. The first-order valence-corrected chi connectivity index (χ1v) is 6.25. The molecule has 1 aromatic rings. The van der Waals surface area contributed by atoms with Crippen LogP contribution in [0.1, 0.15) is 24.8 Å². The first kappa shape index (κ1) is 11.9. The van der Waals surface area contributed by atoms with Crippen molar-refractivity contribution in [1.29, 1.82) is 0 Å². The quantitative estimate of drug-likeness (QED) is 0.727. The number of amides is 1. The van der Waals surface area contributed by atoms with Crippen molar-refractivity contribution >= 4 is 5.91 Å². The molecule has 0 spiro atoms. The van der Waals surface area contributed by atoms with Gasteiger partial charge in [-0.15, -0.1) is 6.58 Å². The summed E-state index contributed by atoms with van der Waals surface area (Å²) in [6.45, 7) is 4.67. The molecule has 1 aliphatic rings. The van der Waals surface area contributed by atoms with Crippen LogP contribution in [-0.2, 0) is 11.2 Å². The number of carbonyl (C=O) groups excluding carboxylic acids is 1. The van der Waals surface area contributed by atoms with E-state index in [1.54, 1.807) is 0 Å². The molecule has 17 heavy (non-hydrogen) atoms. The molecule has 0 aromatic heterocycles. The number of rotatable bonds is 4. The van der Waals surface area contributed by atoms with Crippen LogP contribution in [0.15, 0.2) is 43.0 Å². The van der Waals surface area contributed by atoms with E-state index in [-0.39, 0.29) is 5.91 Å². The van der Waals surface area contributed by atoms with Crippen LogP contribution in [0, 0.1) is 0 Å². The molecule has 0 bridgehead atoms. The van der Waals surface area contributed by atoms with Crippen molar-refractivity contribution < 1.29 is 4.79 Å². The summed E-state index contributed by atoms with van der Waals surface area (Å²) in [7, 11) is 0. The summed E-state index contributed by atoms with van der Waals surface area (Å²) in [5, 5.41) is 0. The zero-order valence-corrected chi connectivity index (χ0v) is 10.1. The van der Waals surface area contributed by atoms with Gasteiger partial charge in [-0.3, -0.25) is 4.79 Å². The molecule has 1 fully saturated rings. The van der Waals surface area contributed by atoms with Gasteiger partial charge in [0.2, 0.25) is 5.91 Å². The predicted octanol–water partition coefficient (Wildman–Crippen LogP) is 2.80. The average molecular weight is 229 g/mol. The fourth-order valence-electron chi connectivity index (χ4n) is 2.47. The highest BCUT2D eigenvalue weighted by atomic mass is 16.2. The molecule has 1 aliphatic heterocycles. The van der Waals surface area contributed by atoms with Crippen LogP contribution >= 0.6 is 0 Å². The Morgan fingerprint density at radius 3 is 2.88 bits per heavy atom. The van der Waals surface area contributed by atoms with Crippen molar-refractivity contribution in [3.8, 4) is 0 Å². The van der Waals surface area contributed by atoms with Crippen molar-refractivity contribution in [2.24, 2.45) is 0 Å². The molecule has 1 atom stereocenters. The minimum atomic E-state index is 0.251. The van der Waals surface area contributed by atoms with E-state index in [4.69, 9.17) is 0 Å². The van der Waals surface area contributed by atoms with Crippen molar-refractivity contribution in [1.82, 2.24) is 4.90 Å². The highest BCUT2D eigenvalue weighted by molar-refractivity contribution is 5.79. The molecule has 1 unspecified atom stereocenters. The van der Waals surface area contributed by atoms with Gasteiger partial charge in [0.05, 0.1) is 6.42 Å². The molecule has 1 aromatic carbocycles. The molecule has 90 valence electrons. The molecule has 1 heterocycles. The highest BCUT2D eigenvalue weighted by Gasteiger charge is 2.27. The molecule has 0 aliphatic carbocycles. The number of hydrogen-bond acceptors (Lipinski definition) is 1. The van der Waals surface area contributed by atoms with Gasteiger partial charge in [0.15, 0.2) is 0 Å². The number of benzene rings is 1. The third-order valence-electron chi connectivity index (χ3n) is 3.33. The first-order valence-electron chi connectivity index (χ1n) is 6.25. The van der Waals surface area contributed by atoms with E-state index in [2.05, 4.69) is 6.58 Å². The Labute approximate surface area is 103 Å². The fraction of sp³-hybridized carbons (Fsp3) is 0.400. The van der Waals surface area contributed by atoms with Crippen LogP contribution in [-0.4, -0.2) is 23.4 Å². The third-order valence-corrected chi connectivity index (χ3v) is 3.33.